The minimum absolute atomic E-state index is 0.260. The van der Waals surface area contributed by atoms with Gasteiger partial charge in [-0.1, -0.05) is 12.1 Å². The zero-order chi connectivity index (χ0) is 13.7. The van der Waals surface area contributed by atoms with Crippen molar-refractivity contribution in [1.29, 1.82) is 0 Å². The molecule has 0 aliphatic heterocycles. The molecule has 0 fully saturated rings. The number of nitrogens with zero attached hydrogens (tertiary/aromatic N) is 2. The van der Waals surface area contributed by atoms with Crippen LogP contribution >= 0.6 is 0 Å². The Morgan fingerprint density at radius 3 is 2.58 bits per heavy atom. The van der Waals surface area contributed by atoms with Crippen LogP contribution < -0.4 is 5.32 Å². The van der Waals surface area contributed by atoms with Crippen LogP contribution in [0, 0.1) is 0 Å². The Morgan fingerprint density at radius 2 is 2.00 bits per heavy atom. The first kappa shape index (κ1) is 13.8. The number of aliphatic hydroxyl groups excluding tert-OH is 1. The first-order chi connectivity index (χ1) is 9.15. The quantitative estimate of drug-likeness (QED) is 0.835. The second-order valence-electron chi connectivity index (χ2n) is 4.98. The summed E-state index contributed by atoms with van der Waals surface area (Å²) in [5.74, 6) is 0. The smallest absolute Gasteiger partial charge is 0.0645 e. The lowest BCUT2D eigenvalue weighted by molar-refractivity contribution is 0.170. The molecule has 2 N–H and O–H groups in total. The summed E-state index contributed by atoms with van der Waals surface area (Å²) in [7, 11) is 0. The Morgan fingerprint density at radius 1 is 1.26 bits per heavy atom. The van der Waals surface area contributed by atoms with Gasteiger partial charge in [-0.25, -0.2) is 4.68 Å². The molecule has 0 amide bonds. The van der Waals surface area contributed by atoms with Crippen LogP contribution in [0.25, 0.3) is 5.69 Å². The van der Waals surface area contributed by atoms with Crippen molar-refractivity contribution in [2.24, 2.45) is 0 Å². The Balaban J connectivity index is 1.89. The molecule has 2 rings (SSSR count). The fourth-order valence-corrected chi connectivity index (χ4v) is 2.08. The van der Waals surface area contributed by atoms with Gasteiger partial charge in [0.1, 0.15) is 0 Å². The van der Waals surface area contributed by atoms with E-state index in [1.54, 1.807) is 6.20 Å². The van der Waals surface area contributed by atoms with Crippen LogP contribution in [0.1, 0.15) is 25.8 Å². The molecule has 0 saturated carbocycles. The number of aromatic nitrogens is 2. The number of nitrogens with one attached hydrogen (secondary N) is 1. The molecule has 2 atom stereocenters. The fraction of sp³-hybridized carbons (Fsp3) is 0.400. The van der Waals surface area contributed by atoms with Gasteiger partial charge in [0.2, 0.25) is 0 Å². The van der Waals surface area contributed by atoms with Crippen LogP contribution in [0.15, 0.2) is 42.7 Å². The van der Waals surface area contributed by atoms with E-state index in [2.05, 4.69) is 41.6 Å². The molecule has 1 aromatic carbocycles. The summed E-state index contributed by atoms with van der Waals surface area (Å²) < 4.78 is 1.84. The second kappa shape index (κ2) is 6.50. The lowest BCUT2D eigenvalue weighted by Crippen LogP contribution is -2.28. The van der Waals surface area contributed by atoms with Crippen molar-refractivity contribution < 1.29 is 5.11 Å². The lowest BCUT2D eigenvalue weighted by Gasteiger charge is -2.15. The van der Waals surface area contributed by atoms with Gasteiger partial charge >= 0.3 is 0 Å². The number of rotatable bonds is 6. The molecule has 4 heteroatoms. The fourth-order valence-electron chi connectivity index (χ4n) is 2.08. The van der Waals surface area contributed by atoms with Crippen LogP contribution in [0.2, 0.25) is 0 Å². The zero-order valence-electron chi connectivity index (χ0n) is 11.5. The van der Waals surface area contributed by atoms with Crippen molar-refractivity contribution in [2.75, 3.05) is 0 Å². The van der Waals surface area contributed by atoms with Crippen LogP contribution in [0.5, 0.6) is 0 Å². The minimum atomic E-state index is -0.260. The topological polar surface area (TPSA) is 50.1 Å². The molecule has 102 valence electrons. The van der Waals surface area contributed by atoms with Gasteiger partial charge in [0.15, 0.2) is 0 Å². The third-order valence-electron chi connectivity index (χ3n) is 3.05. The van der Waals surface area contributed by atoms with Gasteiger partial charge in [0.05, 0.1) is 11.8 Å². The van der Waals surface area contributed by atoms with Gasteiger partial charge in [-0.05, 0) is 44.0 Å². The summed E-state index contributed by atoms with van der Waals surface area (Å²) >= 11 is 0. The van der Waals surface area contributed by atoms with E-state index >= 15 is 0 Å². The predicted molar refractivity (Wildman–Crippen MR) is 76.2 cm³/mol. The average molecular weight is 259 g/mol. The first-order valence-corrected chi connectivity index (χ1v) is 6.65. The maximum Gasteiger partial charge on any atom is 0.0645 e. The molecule has 0 bridgehead atoms. The molecule has 0 aliphatic rings. The number of hydrogen-bond acceptors (Lipinski definition) is 3. The molecule has 2 unspecified atom stereocenters. The standard InChI is InChI=1S/C15H21N3O/c1-12(10-13(2)19)16-11-14-4-6-15(7-5-14)18-9-3-8-17-18/h3-9,12-13,16,19H,10-11H2,1-2H3. The molecule has 0 saturated heterocycles. The van der Waals surface area contributed by atoms with Crippen molar-refractivity contribution in [1.82, 2.24) is 15.1 Å². The highest BCUT2D eigenvalue weighted by molar-refractivity contribution is 5.33. The predicted octanol–water partition coefficient (Wildman–Crippen LogP) is 2.12. The number of benzene rings is 1. The van der Waals surface area contributed by atoms with Crippen LogP contribution in [-0.2, 0) is 6.54 Å². The summed E-state index contributed by atoms with van der Waals surface area (Å²) in [5, 5.41) is 16.9. The molecular weight excluding hydrogens is 238 g/mol. The second-order valence-corrected chi connectivity index (χ2v) is 4.98. The van der Waals surface area contributed by atoms with Crippen LogP contribution in [0.3, 0.4) is 0 Å². The first-order valence-electron chi connectivity index (χ1n) is 6.65. The van der Waals surface area contributed by atoms with Gasteiger partial charge in [0.25, 0.3) is 0 Å². The van der Waals surface area contributed by atoms with E-state index in [0.29, 0.717) is 6.04 Å². The summed E-state index contributed by atoms with van der Waals surface area (Å²) in [5.41, 5.74) is 2.29. The van der Waals surface area contributed by atoms with Crippen molar-refractivity contribution in [3.8, 4) is 5.69 Å². The monoisotopic (exact) mass is 259 g/mol. The zero-order valence-corrected chi connectivity index (χ0v) is 11.5. The van der Waals surface area contributed by atoms with E-state index in [-0.39, 0.29) is 6.10 Å². The van der Waals surface area contributed by atoms with E-state index in [9.17, 15) is 5.11 Å². The molecule has 0 radical (unpaired) electrons. The SMILES string of the molecule is CC(O)CC(C)NCc1ccc(-n2cccn2)cc1. The molecule has 1 aromatic heterocycles. The lowest BCUT2D eigenvalue weighted by atomic mass is 10.1. The van der Waals surface area contributed by atoms with E-state index in [1.165, 1.54) is 5.56 Å². The van der Waals surface area contributed by atoms with Crippen LogP contribution in [0.4, 0.5) is 0 Å². The number of hydrogen-bond donors (Lipinski definition) is 2. The highest BCUT2D eigenvalue weighted by atomic mass is 16.3. The summed E-state index contributed by atoms with van der Waals surface area (Å²) in [6, 6.07) is 10.5. The molecule has 0 spiro atoms. The molecule has 4 nitrogen and oxygen atoms in total. The Kier molecular flexibility index (Phi) is 4.71. The minimum Gasteiger partial charge on any atom is -0.393 e. The third-order valence-corrected chi connectivity index (χ3v) is 3.05. The van der Waals surface area contributed by atoms with Crippen molar-refractivity contribution in [3.05, 3.63) is 48.3 Å². The van der Waals surface area contributed by atoms with Crippen LogP contribution in [-0.4, -0.2) is 27.0 Å². The summed E-state index contributed by atoms with van der Waals surface area (Å²) in [6.45, 7) is 4.72. The Labute approximate surface area is 114 Å². The van der Waals surface area contributed by atoms with Gasteiger partial charge in [-0.15, -0.1) is 0 Å². The van der Waals surface area contributed by atoms with Gasteiger partial charge < -0.3 is 10.4 Å². The van der Waals surface area contributed by atoms with E-state index in [0.717, 1.165) is 18.7 Å². The highest BCUT2D eigenvalue weighted by Gasteiger charge is 2.05. The van der Waals surface area contributed by atoms with E-state index < -0.39 is 0 Å². The molecule has 0 aliphatic carbocycles. The Bertz CT molecular complexity index is 477. The van der Waals surface area contributed by atoms with Gasteiger partial charge in [-0.3, -0.25) is 0 Å². The Hall–Kier alpha value is -1.65. The van der Waals surface area contributed by atoms with Crippen molar-refractivity contribution >= 4 is 0 Å². The van der Waals surface area contributed by atoms with E-state index in [4.69, 9.17) is 0 Å². The molecule has 1 heterocycles. The maximum absolute atomic E-state index is 9.31. The number of aliphatic hydroxyl groups is 1. The highest BCUT2D eigenvalue weighted by Crippen LogP contribution is 2.09. The van der Waals surface area contributed by atoms with E-state index in [1.807, 2.05) is 23.9 Å². The summed E-state index contributed by atoms with van der Waals surface area (Å²) in [6.07, 6.45) is 4.21. The summed E-state index contributed by atoms with van der Waals surface area (Å²) in [4.78, 5) is 0. The molecular formula is C15H21N3O. The van der Waals surface area contributed by atoms with Crippen molar-refractivity contribution in [3.63, 3.8) is 0 Å². The molecule has 2 aromatic rings. The normalized spacial score (nSPS) is 14.3. The molecule has 19 heavy (non-hydrogen) atoms. The maximum atomic E-state index is 9.31. The van der Waals surface area contributed by atoms with Gasteiger partial charge in [0, 0.05) is 25.0 Å². The third kappa shape index (κ3) is 4.19. The largest absolute Gasteiger partial charge is 0.393 e. The van der Waals surface area contributed by atoms with Crippen molar-refractivity contribution in [2.45, 2.75) is 39.0 Å². The average Bonchev–Trinajstić information content (AvgIpc) is 2.90. The van der Waals surface area contributed by atoms with Gasteiger partial charge in [-0.2, -0.15) is 5.10 Å².